The van der Waals surface area contributed by atoms with Crippen molar-refractivity contribution in [2.45, 2.75) is 18.5 Å². The van der Waals surface area contributed by atoms with Crippen molar-refractivity contribution < 1.29 is 13.2 Å². The molecule has 0 fully saturated rings. The number of halogens is 4. The number of hydrogen-bond acceptors (Lipinski definition) is 1. The summed E-state index contributed by atoms with van der Waals surface area (Å²) in [5.41, 5.74) is 0.0176. The highest BCUT2D eigenvalue weighted by Crippen LogP contribution is 2.35. The van der Waals surface area contributed by atoms with Gasteiger partial charge >= 0.3 is 6.18 Å². The molecule has 1 aromatic heterocycles. The molecule has 1 heterocycles. The van der Waals surface area contributed by atoms with Gasteiger partial charge in [-0.3, -0.25) is 0 Å². The lowest BCUT2D eigenvalue weighted by Crippen LogP contribution is -2.04. The minimum Gasteiger partial charge on any atom is -0.166 e. The van der Waals surface area contributed by atoms with Crippen LogP contribution in [0.25, 0.3) is 0 Å². The summed E-state index contributed by atoms with van der Waals surface area (Å²) in [6, 6.07) is 8.82. The van der Waals surface area contributed by atoms with E-state index in [4.69, 9.17) is 11.6 Å². The molecule has 0 aliphatic carbocycles. The van der Waals surface area contributed by atoms with Crippen LogP contribution in [0.2, 0.25) is 0 Å². The lowest BCUT2D eigenvalue weighted by Gasteiger charge is -2.10. The summed E-state index contributed by atoms with van der Waals surface area (Å²) in [6.45, 7) is 1.96. The Bertz CT molecular complexity index is 528. The van der Waals surface area contributed by atoms with E-state index in [0.29, 0.717) is 5.56 Å². The Kier molecular flexibility index (Phi) is 3.69. The van der Waals surface area contributed by atoms with Crippen molar-refractivity contribution in [2.75, 3.05) is 0 Å². The van der Waals surface area contributed by atoms with Crippen molar-refractivity contribution in [1.82, 2.24) is 0 Å². The Labute approximate surface area is 112 Å². The number of benzene rings is 1. The molecule has 0 nitrogen and oxygen atoms in total. The molecule has 0 radical (unpaired) electrons. The average molecular weight is 291 g/mol. The summed E-state index contributed by atoms with van der Waals surface area (Å²) in [5, 5.41) is -0.397. The maximum Gasteiger partial charge on any atom is 0.416 e. The van der Waals surface area contributed by atoms with Crippen LogP contribution >= 0.6 is 22.9 Å². The van der Waals surface area contributed by atoms with Gasteiger partial charge in [0.15, 0.2) is 0 Å². The Balaban J connectivity index is 2.24. The summed E-state index contributed by atoms with van der Waals surface area (Å²) in [7, 11) is 0. The zero-order valence-electron chi connectivity index (χ0n) is 9.46. The molecule has 0 aliphatic rings. The second-order valence-corrected chi connectivity index (χ2v) is 5.69. The lowest BCUT2D eigenvalue weighted by atomic mass is 10.1. The van der Waals surface area contributed by atoms with E-state index in [9.17, 15) is 13.2 Å². The van der Waals surface area contributed by atoms with Crippen LogP contribution < -0.4 is 0 Å². The van der Waals surface area contributed by atoms with E-state index in [1.54, 1.807) is 11.3 Å². The van der Waals surface area contributed by atoms with Crippen LogP contribution in [0.4, 0.5) is 13.2 Å². The van der Waals surface area contributed by atoms with Gasteiger partial charge in [0.1, 0.15) is 0 Å². The van der Waals surface area contributed by atoms with Gasteiger partial charge in [-0.1, -0.05) is 12.1 Å². The number of thiophene rings is 1. The summed E-state index contributed by atoms with van der Waals surface area (Å²) < 4.78 is 37.2. The molecule has 96 valence electrons. The van der Waals surface area contributed by atoms with Crippen molar-refractivity contribution in [3.8, 4) is 0 Å². The minimum absolute atomic E-state index is 0.397. The number of hydrogen-bond donors (Lipinski definition) is 0. The van der Waals surface area contributed by atoms with E-state index < -0.39 is 17.1 Å². The van der Waals surface area contributed by atoms with Gasteiger partial charge in [-0.25, -0.2) is 0 Å². The van der Waals surface area contributed by atoms with Crippen LogP contribution in [0, 0.1) is 6.92 Å². The molecular formula is C13H10ClF3S. The Morgan fingerprint density at radius 3 is 2.11 bits per heavy atom. The highest BCUT2D eigenvalue weighted by molar-refractivity contribution is 7.12. The SMILES string of the molecule is Cc1ccc(C(Cl)c2ccc(C(F)(F)F)cc2)s1. The minimum atomic E-state index is -4.31. The predicted molar refractivity (Wildman–Crippen MR) is 68.2 cm³/mol. The van der Waals surface area contributed by atoms with Crippen molar-refractivity contribution in [2.24, 2.45) is 0 Å². The summed E-state index contributed by atoms with van der Waals surface area (Å²) in [6.07, 6.45) is -4.31. The first-order chi connectivity index (χ1) is 8.38. The third-order valence-corrected chi connectivity index (χ3v) is 4.22. The zero-order chi connectivity index (χ0) is 13.3. The Morgan fingerprint density at radius 2 is 1.67 bits per heavy atom. The van der Waals surface area contributed by atoms with Gasteiger partial charge in [0, 0.05) is 9.75 Å². The molecule has 0 N–H and O–H groups in total. The molecule has 2 rings (SSSR count). The molecule has 0 spiro atoms. The van der Waals surface area contributed by atoms with Crippen molar-refractivity contribution in [3.05, 3.63) is 57.3 Å². The maximum atomic E-state index is 12.4. The molecule has 0 saturated heterocycles. The standard InChI is InChI=1S/C13H10ClF3S/c1-8-2-7-11(18-8)12(14)9-3-5-10(6-4-9)13(15,16)17/h2-7,12H,1H3. The quantitative estimate of drug-likeness (QED) is 0.649. The molecule has 1 unspecified atom stereocenters. The van der Waals surface area contributed by atoms with Gasteiger partial charge in [0.05, 0.1) is 10.9 Å². The fourth-order valence-electron chi connectivity index (χ4n) is 1.59. The van der Waals surface area contributed by atoms with Crippen LogP contribution in [0.3, 0.4) is 0 Å². The molecule has 1 aromatic carbocycles. The highest BCUT2D eigenvalue weighted by atomic mass is 35.5. The van der Waals surface area contributed by atoms with E-state index in [1.807, 2.05) is 19.1 Å². The topological polar surface area (TPSA) is 0 Å². The van der Waals surface area contributed by atoms with Crippen molar-refractivity contribution in [1.29, 1.82) is 0 Å². The molecule has 0 bridgehead atoms. The van der Waals surface area contributed by atoms with Gasteiger partial charge in [0.2, 0.25) is 0 Å². The average Bonchev–Trinajstić information content (AvgIpc) is 2.74. The first-order valence-electron chi connectivity index (χ1n) is 5.25. The van der Waals surface area contributed by atoms with Gasteiger partial charge in [-0.05, 0) is 36.8 Å². The molecule has 1 atom stereocenters. The van der Waals surface area contributed by atoms with Crippen molar-refractivity contribution in [3.63, 3.8) is 0 Å². The first-order valence-corrected chi connectivity index (χ1v) is 6.51. The van der Waals surface area contributed by atoms with Crippen LogP contribution in [-0.4, -0.2) is 0 Å². The van der Waals surface area contributed by atoms with Crippen LogP contribution in [0.15, 0.2) is 36.4 Å². The van der Waals surface area contributed by atoms with Gasteiger partial charge in [-0.2, -0.15) is 13.2 Å². The molecule has 0 saturated carbocycles. The number of rotatable bonds is 2. The van der Waals surface area contributed by atoms with E-state index in [2.05, 4.69) is 0 Å². The molecule has 2 aromatic rings. The summed E-state index contributed by atoms with van der Waals surface area (Å²) >= 11 is 7.79. The maximum absolute atomic E-state index is 12.4. The zero-order valence-corrected chi connectivity index (χ0v) is 11.0. The van der Waals surface area contributed by atoms with Crippen LogP contribution in [0.5, 0.6) is 0 Å². The monoisotopic (exact) mass is 290 g/mol. The van der Waals surface area contributed by atoms with Gasteiger partial charge in [-0.15, -0.1) is 22.9 Å². The lowest BCUT2D eigenvalue weighted by molar-refractivity contribution is -0.137. The molecular weight excluding hydrogens is 281 g/mol. The van der Waals surface area contributed by atoms with E-state index in [1.165, 1.54) is 12.1 Å². The second kappa shape index (κ2) is 4.94. The van der Waals surface area contributed by atoms with Crippen molar-refractivity contribution >= 4 is 22.9 Å². The van der Waals surface area contributed by atoms with E-state index >= 15 is 0 Å². The van der Waals surface area contributed by atoms with Crippen LogP contribution in [0.1, 0.15) is 26.3 Å². The number of aryl methyl sites for hydroxylation is 1. The Hall–Kier alpha value is -1.00. The highest BCUT2D eigenvalue weighted by Gasteiger charge is 2.30. The van der Waals surface area contributed by atoms with Crippen LogP contribution in [-0.2, 0) is 6.18 Å². The van der Waals surface area contributed by atoms with E-state index in [-0.39, 0.29) is 0 Å². The Morgan fingerprint density at radius 1 is 1.06 bits per heavy atom. The molecule has 5 heteroatoms. The second-order valence-electron chi connectivity index (χ2n) is 3.93. The third-order valence-electron chi connectivity index (χ3n) is 2.54. The summed E-state index contributed by atoms with van der Waals surface area (Å²) in [4.78, 5) is 2.07. The van der Waals surface area contributed by atoms with Gasteiger partial charge in [0.25, 0.3) is 0 Å². The summed E-state index contributed by atoms with van der Waals surface area (Å²) in [5.74, 6) is 0. The predicted octanol–water partition coefficient (Wildman–Crippen LogP) is 5.40. The van der Waals surface area contributed by atoms with E-state index in [0.717, 1.165) is 21.9 Å². The first kappa shape index (κ1) is 13.4. The number of alkyl halides is 4. The van der Waals surface area contributed by atoms with Gasteiger partial charge < -0.3 is 0 Å². The largest absolute Gasteiger partial charge is 0.416 e. The normalized spacial score (nSPS) is 13.6. The molecule has 0 amide bonds. The molecule has 18 heavy (non-hydrogen) atoms. The fraction of sp³-hybridized carbons (Fsp3) is 0.231. The smallest absolute Gasteiger partial charge is 0.166 e. The molecule has 0 aliphatic heterocycles. The fourth-order valence-corrected chi connectivity index (χ4v) is 2.83. The third kappa shape index (κ3) is 2.87.